The Labute approximate surface area is 113 Å². The van der Waals surface area contributed by atoms with E-state index in [1.807, 2.05) is 39.0 Å². The molecule has 1 rings (SSSR count). The normalized spacial score (nSPS) is 10.2. The molecule has 0 unspecified atom stereocenters. The highest BCUT2D eigenvalue weighted by Crippen LogP contribution is 2.25. The fraction of sp³-hybridized carbons (Fsp3) is 0.429. The van der Waals surface area contributed by atoms with Crippen molar-refractivity contribution in [3.05, 3.63) is 29.8 Å². The molecular weight excluding hydrogens is 246 g/mol. The van der Waals surface area contributed by atoms with E-state index in [0.29, 0.717) is 25.1 Å². The van der Waals surface area contributed by atoms with Crippen LogP contribution in [0, 0.1) is 0 Å². The Bertz CT molecular complexity index is 428. The molecule has 0 saturated carbocycles. The number of rotatable bonds is 5. The van der Waals surface area contributed by atoms with Gasteiger partial charge in [-0.2, -0.15) is 0 Å². The van der Waals surface area contributed by atoms with Crippen molar-refractivity contribution in [2.24, 2.45) is 0 Å². The molecule has 98 valence electrons. The molecule has 0 aromatic heterocycles. The second-order valence-electron chi connectivity index (χ2n) is 3.80. The Morgan fingerprint density at radius 3 is 2.28 bits per heavy atom. The van der Waals surface area contributed by atoms with Gasteiger partial charge in [0.1, 0.15) is 0 Å². The number of carbonyl (C=O) groups is 2. The van der Waals surface area contributed by atoms with Gasteiger partial charge in [-0.05, 0) is 26.0 Å². The summed E-state index contributed by atoms with van der Waals surface area (Å²) >= 11 is 1.15. The van der Waals surface area contributed by atoms with Crippen LogP contribution in [0.25, 0.3) is 0 Å². The summed E-state index contributed by atoms with van der Waals surface area (Å²) in [6.07, 6.45) is 0.471. The zero-order chi connectivity index (χ0) is 13.5. The van der Waals surface area contributed by atoms with Crippen molar-refractivity contribution in [2.75, 3.05) is 13.1 Å². The molecule has 0 fully saturated rings. The minimum absolute atomic E-state index is 0.00740. The average molecular weight is 265 g/mol. The predicted octanol–water partition coefficient (Wildman–Crippen LogP) is 3.20. The smallest absolute Gasteiger partial charge is 0.254 e. The minimum Gasteiger partial charge on any atom is -0.339 e. The molecule has 0 bridgehead atoms. The quantitative estimate of drug-likeness (QED) is 0.767. The first-order chi connectivity index (χ1) is 8.63. The molecular formula is C14H19NO2S. The molecule has 1 aromatic rings. The second kappa shape index (κ2) is 7.21. The highest BCUT2D eigenvalue weighted by atomic mass is 32.2. The molecule has 3 nitrogen and oxygen atoms in total. The van der Waals surface area contributed by atoms with Gasteiger partial charge >= 0.3 is 0 Å². The van der Waals surface area contributed by atoms with Crippen molar-refractivity contribution in [2.45, 2.75) is 32.1 Å². The van der Waals surface area contributed by atoms with Gasteiger partial charge in [0.05, 0.1) is 5.56 Å². The number of hydrogen-bond donors (Lipinski definition) is 0. The van der Waals surface area contributed by atoms with Crippen LogP contribution in [0.3, 0.4) is 0 Å². The standard InChI is InChI=1S/C14H19NO2S/c1-4-13(16)18-12-10-8-7-9-11(12)14(17)15(5-2)6-3/h7-10H,4-6H2,1-3H3. The Kier molecular flexibility index (Phi) is 5.92. The van der Waals surface area contributed by atoms with Crippen LogP contribution in [0.1, 0.15) is 37.6 Å². The lowest BCUT2D eigenvalue weighted by Crippen LogP contribution is -2.30. The Morgan fingerprint density at radius 2 is 1.72 bits per heavy atom. The maximum atomic E-state index is 12.3. The summed E-state index contributed by atoms with van der Waals surface area (Å²) < 4.78 is 0. The predicted molar refractivity (Wildman–Crippen MR) is 74.8 cm³/mol. The van der Waals surface area contributed by atoms with Crippen molar-refractivity contribution in [3.8, 4) is 0 Å². The van der Waals surface area contributed by atoms with Crippen molar-refractivity contribution < 1.29 is 9.59 Å². The van der Waals surface area contributed by atoms with Crippen LogP contribution < -0.4 is 0 Å². The van der Waals surface area contributed by atoms with E-state index in [9.17, 15) is 9.59 Å². The van der Waals surface area contributed by atoms with Crippen molar-refractivity contribution in [1.82, 2.24) is 4.90 Å². The Morgan fingerprint density at radius 1 is 1.11 bits per heavy atom. The lowest BCUT2D eigenvalue weighted by Gasteiger charge is -2.19. The number of hydrogen-bond acceptors (Lipinski definition) is 3. The van der Waals surface area contributed by atoms with Crippen LogP contribution in [0.15, 0.2) is 29.2 Å². The maximum Gasteiger partial charge on any atom is 0.254 e. The van der Waals surface area contributed by atoms with Crippen LogP contribution in [-0.2, 0) is 4.79 Å². The highest BCUT2D eigenvalue weighted by molar-refractivity contribution is 8.13. The topological polar surface area (TPSA) is 37.4 Å². The molecule has 0 spiro atoms. The first kappa shape index (κ1) is 14.8. The molecule has 0 aliphatic heterocycles. The van der Waals surface area contributed by atoms with Gasteiger partial charge in [0.25, 0.3) is 5.91 Å². The fourth-order valence-corrected chi connectivity index (χ4v) is 2.41. The van der Waals surface area contributed by atoms with Gasteiger partial charge in [-0.3, -0.25) is 9.59 Å². The zero-order valence-electron chi connectivity index (χ0n) is 11.1. The third kappa shape index (κ3) is 3.60. The number of carbonyl (C=O) groups excluding carboxylic acids is 2. The molecule has 0 N–H and O–H groups in total. The van der Waals surface area contributed by atoms with Gasteiger partial charge in [0.2, 0.25) is 0 Å². The fourth-order valence-electron chi connectivity index (χ4n) is 1.61. The van der Waals surface area contributed by atoms with E-state index >= 15 is 0 Å². The van der Waals surface area contributed by atoms with E-state index in [0.717, 1.165) is 16.7 Å². The number of thioether (sulfide) groups is 1. The highest BCUT2D eigenvalue weighted by Gasteiger charge is 2.17. The lowest BCUT2D eigenvalue weighted by molar-refractivity contribution is -0.110. The van der Waals surface area contributed by atoms with Crippen molar-refractivity contribution in [1.29, 1.82) is 0 Å². The van der Waals surface area contributed by atoms with Crippen molar-refractivity contribution >= 4 is 22.8 Å². The largest absolute Gasteiger partial charge is 0.339 e. The van der Waals surface area contributed by atoms with Gasteiger partial charge in [-0.25, -0.2) is 0 Å². The number of benzene rings is 1. The molecule has 18 heavy (non-hydrogen) atoms. The summed E-state index contributed by atoms with van der Waals surface area (Å²) in [6.45, 7) is 7.08. The summed E-state index contributed by atoms with van der Waals surface area (Å²) in [5.41, 5.74) is 0.619. The van der Waals surface area contributed by atoms with E-state index in [-0.39, 0.29) is 11.0 Å². The van der Waals surface area contributed by atoms with Crippen LogP contribution in [0.2, 0.25) is 0 Å². The third-order valence-corrected chi connectivity index (χ3v) is 3.77. The third-order valence-electron chi connectivity index (χ3n) is 2.68. The van der Waals surface area contributed by atoms with E-state index in [2.05, 4.69) is 0 Å². The monoisotopic (exact) mass is 265 g/mol. The van der Waals surface area contributed by atoms with Crippen LogP contribution in [0.5, 0.6) is 0 Å². The summed E-state index contributed by atoms with van der Waals surface area (Å²) in [5, 5.41) is 0.0785. The van der Waals surface area contributed by atoms with Gasteiger partial charge < -0.3 is 4.90 Å². The van der Waals surface area contributed by atoms with Crippen LogP contribution in [0.4, 0.5) is 0 Å². The van der Waals surface area contributed by atoms with Crippen LogP contribution in [-0.4, -0.2) is 29.0 Å². The molecule has 0 saturated heterocycles. The number of amides is 1. The van der Waals surface area contributed by atoms with E-state index in [1.54, 1.807) is 11.0 Å². The Balaban J connectivity index is 3.01. The summed E-state index contributed by atoms with van der Waals surface area (Å²) in [6, 6.07) is 7.29. The SMILES string of the molecule is CCC(=O)Sc1ccccc1C(=O)N(CC)CC. The molecule has 4 heteroatoms. The lowest BCUT2D eigenvalue weighted by atomic mass is 10.2. The number of nitrogens with zero attached hydrogens (tertiary/aromatic N) is 1. The molecule has 0 atom stereocenters. The maximum absolute atomic E-state index is 12.3. The van der Waals surface area contributed by atoms with Gasteiger partial charge in [0, 0.05) is 24.4 Å². The van der Waals surface area contributed by atoms with E-state index < -0.39 is 0 Å². The van der Waals surface area contributed by atoms with Gasteiger partial charge in [0.15, 0.2) is 5.12 Å². The first-order valence-electron chi connectivity index (χ1n) is 6.22. The van der Waals surface area contributed by atoms with Crippen LogP contribution >= 0.6 is 11.8 Å². The molecule has 0 heterocycles. The van der Waals surface area contributed by atoms with Gasteiger partial charge in [-0.15, -0.1) is 0 Å². The van der Waals surface area contributed by atoms with Gasteiger partial charge in [-0.1, -0.05) is 30.8 Å². The summed E-state index contributed by atoms with van der Waals surface area (Å²) in [5.74, 6) is -0.00740. The molecule has 0 radical (unpaired) electrons. The van der Waals surface area contributed by atoms with E-state index in [1.165, 1.54) is 0 Å². The molecule has 0 aliphatic carbocycles. The molecule has 1 amide bonds. The second-order valence-corrected chi connectivity index (χ2v) is 4.90. The molecule has 1 aromatic carbocycles. The minimum atomic E-state index is -0.00740. The summed E-state index contributed by atoms with van der Waals surface area (Å²) in [7, 11) is 0. The zero-order valence-corrected chi connectivity index (χ0v) is 11.9. The summed E-state index contributed by atoms with van der Waals surface area (Å²) in [4.78, 5) is 26.3. The Hall–Kier alpha value is -1.29. The first-order valence-corrected chi connectivity index (χ1v) is 7.04. The van der Waals surface area contributed by atoms with Crippen molar-refractivity contribution in [3.63, 3.8) is 0 Å². The molecule has 0 aliphatic rings. The van der Waals surface area contributed by atoms with E-state index in [4.69, 9.17) is 0 Å². The average Bonchev–Trinajstić information content (AvgIpc) is 2.40.